The summed E-state index contributed by atoms with van der Waals surface area (Å²) in [7, 11) is 0. The lowest BCUT2D eigenvalue weighted by Crippen LogP contribution is -2.12. The van der Waals surface area contributed by atoms with Crippen LogP contribution in [0.15, 0.2) is 0 Å². The molecule has 5 nitrogen and oxygen atoms in total. The number of rotatable bonds is 13. The molecule has 0 amide bonds. The summed E-state index contributed by atoms with van der Waals surface area (Å²) in [6.45, 7) is 8.12. The lowest BCUT2D eigenvalue weighted by molar-refractivity contribution is -0.118. The number of Topliss-reactive ketones (excluding diaryl/α,β-unsaturated/α-hetero) is 1. The zero-order valence-corrected chi connectivity index (χ0v) is 10.9. The minimum absolute atomic E-state index is 0.147. The summed E-state index contributed by atoms with van der Waals surface area (Å²) in [5, 5.41) is 0. The Labute approximate surface area is 103 Å². The van der Waals surface area contributed by atoms with Gasteiger partial charge in [-0.05, 0) is 13.8 Å². The normalized spacial score (nSPS) is 10.7. The molecule has 5 heteroatoms. The first-order valence-electron chi connectivity index (χ1n) is 6.07. The molecule has 102 valence electrons. The molecule has 0 bridgehead atoms. The number of carbonyl (C=O) groups is 1. The van der Waals surface area contributed by atoms with E-state index >= 15 is 0 Å². The summed E-state index contributed by atoms with van der Waals surface area (Å²) in [5.74, 6) is 0.147. The van der Waals surface area contributed by atoms with Gasteiger partial charge in [-0.15, -0.1) is 0 Å². The van der Waals surface area contributed by atoms with E-state index in [1.54, 1.807) is 6.92 Å². The molecule has 0 aliphatic rings. The molecule has 0 spiro atoms. The maximum Gasteiger partial charge on any atom is 0.132 e. The van der Waals surface area contributed by atoms with Crippen molar-refractivity contribution in [2.45, 2.75) is 20.3 Å². The van der Waals surface area contributed by atoms with Crippen molar-refractivity contribution in [2.75, 3.05) is 52.9 Å². The van der Waals surface area contributed by atoms with Gasteiger partial charge in [-0.2, -0.15) is 0 Å². The first kappa shape index (κ1) is 16.5. The van der Waals surface area contributed by atoms with Crippen molar-refractivity contribution in [3.63, 3.8) is 0 Å². The van der Waals surface area contributed by atoms with Crippen LogP contribution in [-0.4, -0.2) is 58.6 Å². The molecule has 0 rings (SSSR count). The molecule has 0 aliphatic carbocycles. The van der Waals surface area contributed by atoms with Gasteiger partial charge < -0.3 is 18.9 Å². The Bertz CT molecular complexity index is 172. The van der Waals surface area contributed by atoms with Gasteiger partial charge >= 0.3 is 0 Å². The number of hydrogen-bond acceptors (Lipinski definition) is 5. The Kier molecular flexibility index (Phi) is 13.2. The van der Waals surface area contributed by atoms with Crippen LogP contribution in [0.5, 0.6) is 0 Å². The second-order valence-electron chi connectivity index (χ2n) is 3.49. The van der Waals surface area contributed by atoms with Gasteiger partial charge in [0.2, 0.25) is 0 Å². The molecular weight excluding hydrogens is 224 g/mol. The molecule has 0 aromatic carbocycles. The lowest BCUT2D eigenvalue weighted by atomic mass is 10.3. The highest BCUT2D eigenvalue weighted by atomic mass is 16.6. The van der Waals surface area contributed by atoms with Crippen molar-refractivity contribution in [3.8, 4) is 0 Å². The number of ether oxygens (including phenoxy) is 4. The highest BCUT2D eigenvalue weighted by molar-refractivity contribution is 5.75. The van der Waals surface area contributed by atoms with Crippen molar-refractivity contribution in [3.05, 3.63) is 0 Å². The fourth-order valence-corrected chi connectivity index (χ4v) is 1.02. The second-order valence-corrected chi connectivity index (χ2v) is 3.49. The van der Waals surface area contributed by atoms with Crippen LogP contribution in [-0.2, 0) is 23.7 Å². The summed E-state index contributed by atoms with van der Waals surface area (Å²) < 4.78 is 20.8. The van der Waals surface area contributed by atoms with E-state index in [-0.39, 0.29) is 5.78 Å². The van der Waals surface area contributed by atoms with Crippen LogP contribution in [0.2, 0.25) is 0 Å². The lowest BCUT2D eigenvalue weighted by Gasteiger charge is -2.06. The average Bonchev–Trinajstić information content (AvgIpc) is 2.30. The van der Waals surface area contributed by atoms with Gasteiger partial charge in [-0.1, -0.05) is 0 Å². The summed E-state index contributed by atoms with van der Waals surface area (Å²) in [4.78, 5) is 10.6. The summed E-state index contributed by atoms with van der Waals surface area (Å²) in [5.41, 5.74) is 0. The van der Waals surface area contributed by atoms with E-state index in [4.69, 9.17) is 18.9 Å². The molecule has 0 saturated carbocycles. The molecule has 0 unspecified atom stereocenters. The second kappa shape index (κ2) is 13.6. The SMILES string of the molecule is CCOCCOCCOCCOCCC(C)=O. The van der Waals surface area contributed by atoms with Crippen molar-refractivity contribution < 1.29 is 23.7 Å². The van der Waals surface area contributed by atoms with Crippen molar-refractivity contribution in [2.24, 2.45) is 0 Å². The molecule has 17 heavy (non-hydrogen) atoms. The third-order valence-electron chi connectivity index (χ3n) is 1.92. The largest absolute Gasteiger partial charge is 0.379 e. The highest BCUT2D eigenvalue weighted by Crippen LogP contribution is 1.86. The van der Waals surface area contributed by atoms with Gasteiger partial charge in [0.1, 0.15) is 5.78 Å². The molecule has 0 heterocycles. The Morgan fingerprint density at radius 1 is 0.765 bits per heavy atom. The standard InChI is InChI=1S/C12H24O5/c1-3-14-6-7-16-10-11-17-9-8-15-5-4-12(2)13/h3-11H2,1-2H3. The molecule has 0 atom stereocenters. The Hall–Kier alpha value is -0.490. The number of ketones is 1. The predicted molar refractivity (Wildman–Crippen MR) is 64.2 cm³/mol. The smallest absolute Gasteiger partial charge is 0.132 e. The number of carbonyl (C=O) groups excluding carboxylic acids is 1. The summed E-state index contributed by atoms with van der Waals surface area (Å²) >= 11 is 0. The van der Waals surface area contributed by atoms with E-state index in [0.29, 0.717) is 52.7 Å². The van der Waals surface area contributed by atoms with Gasteiger partial charge in [0.25, 0.3) is 0 Å². The van der Waals surface area contributed by atoms with Crippen LogP contribution < -0.4 is 0 Å². The predicted octanol–water partition coefficient (Wildman–Crippen LogP) is 1.05. The minimum Gasteiger partial charge on any atom is -0.379 e. The van der Waals surface area contributed by atoms with Crippen LogP contribution in [0, 0.1) is 0 Å². The zero-order chi connectivity index (χ0) is 12.8. The molecular formula is C12H24O5. The van der Waals surface area contributed by atoms with Gasteiger partial charge in [0.15, 0.2) is 0 Å². The molecule has 0 aliphatic heterocycles. The van der Waals surface area contributed by atoms with Crippen molar-refractivity contribution in [1.82, 2.24) is 0 Å². The number of hydrogen-bond donors (Lipinski definition) is 0. The molecule has 0 aromatic heterocycles. The maximum atomic E-state index is 10.6. The van der Waals surface area contributed by atoms with E-state index in [1.807, 2.05) is 6.92 Å². The monoisotopic (exact) mass is 248 g/mol. The fourth-order valence-electron chi connectivity index (χ4n) is 1.02. The van der Waals surface area contributed by atoms with Crippen LogP contribution in [0.25, 0.3) is 0 Å². The van der Waals surface area contributed by atoms with Gasteiger partial charge in [0.05, 0.1) is 46.2 Å². The van der Waals surface area contributed by atoms with Crippen LogP contribution >= 0.6 is 0 Å². The van der Waals surface area contributed by atoms with Crippen LogP contribution in [0.1, 0.15) is 20.3 Å². The van der Waals surface area contributed by atoms with E-state index in [0.717, 1.165) is 6.61 Å². The molecule has 0 N–H and O–H groups in total. The average molecular weight is 248 g/mol. The van der Waals surface area contributed by atoms with Gasteiger partial charge in [-0.25, -0.2) is 0 Å². The molecule has 0 radical (unpaired) electrons. The van der Waals surface area contributed by atoms with E-state index in [1.165, 1.54) is 0 Å². The highest BCUT2D eigenvalue weighted by Gasteiger charge is 1.94. The van der Waals surface area contributed by atoms with Crippen molar-refractivity contribution >= 4 is 5.78 Å². The van der Waals surface area contributed by atoms with Gasteiger partial charge in [-0.3, -0.25) is 4.79 Å². The third kappa shape index (κ3) is 15.5. The van der Waals surface area contributed by atoms with Gasteiger partial charge in [0, 0.05) is 13.0 Å². The topological polar surface area (TPSA) is 54.0 Å². The summed E-state index contributed by atoms with van der Waals surface area (Å²) in [6, 6.07) is 0. The fraction of sp³-hybridized carbons (Fsp3) is 0.917. The maximum absolute atomic E-state index is 10.6. The van der Waals surface area contributed by atoms with E-state index in [9.17, 15) is 4.79 Å². The molecule has 0 saturated heterocycles. The third-order valence-corrected chi connectivity index (χ3v) is 1.92. The zero-order valence-electron chi connectivity index (χ0n) is 10.9. The first-order chi connectivity index (χ1) is 8.27. The van der Waals surface area contributed by atoms with Crippen LogP contribution in [0.4, 0.5) is 0 Å². The van der Waals surface area contributed by atoms with Crippen molar-refractivity contribution in [1.29, 1.82) is 0 Å². The Balaban J connectivity index is 2.91. The quantitative estimate of drug-likeness (QED) is 0.456. The van der Waals surface area contributed by atoms with E-state index in [2.05, 4.69) is 0 Å². The minimum atomic E-state index is 0.147. The Morgan fingerprint density at radius 2 is 1.18 bits per heavy atom. The van der Waals surface area contributed by atoms with Crippen LogP contribution in [0.3, 0.4) is 0 Å². The first-order valence-corrected chi connectivity index (χ1v) is 6.07. The molecule has 0 fully saturated rings. The molecule has 0 aromatic rings. The van der Waals surface area contributed by atoms with E-state index < -0.39 is 0 Å². The Morgan fingerprint density at radius 3 is 1.59 bits per heavy atom. The summed E-state index contributed by atoms with van der Waals surface area (Å²) in [6.07, 6.45) is 0.473.